The molecule has 0 radical (unpaired) electrons. The van der Waals surface area contributed by atoms with Crippen LogP contribution in [0.2, 0.25) is 0 Å². The molecule has 1 aliphatic rings. The van der Waals surface area contributed by atoms with Crippen molar-refractivity contribution in [2.45, 2.75) is 19.6 Å². The first-order valence-corrected chi connectivity index (χ1v) is 5.67. The van der Waals surface area contributed by atoms with Gasteiger partial charge in [-0.05, 0) is 13.0 Å². The third-order valence-corrected chi connectivity index (χ3v) is 3.07. The molecule has 0 saturated carbocycles. The van der Waals surface area contributed by atoms with Gasteiger partial charge in [0.25, 0.3) is 0 Å². The van der Waals surface area contributed by atoms with E-state index >= 15 is 0 Å². The Hall–Kier alpha value is -1.19. The third kappa shape index (κ3) is 1.90. The van der Waals surface area contributed by atoms with Crippen LogP contribution in [0.3, 0.4) is 0 Å². The number of hydrogen-bond donors (Lipinski definition) is 0. The van der Waals surface area contributed by atoms with Gasteiger partial charge in [-0.25, -0.2) is 0 Å². The summed E-state index contributed by atoms with van der Waals surface area (Å²) >= 11 is 0. The molecule has 3 nitrogen and oxygen atoms in total. The van der Waals surface area contributed by atoms with Crippen LogP contribution >= 0.6 is 0 Å². The molecule has 17 heavy (non-hydrogen) atoms. The molecule has 4 heteroatoms. The Kier molecular flexibility index (Phi) is 3.31. The van der Waals surface area contributed by atoms with Gasteiger partial charge in [-0.15, -0.1) is 0 Å². The van der Waals surface area contributed by atoms with E-state index in [1.165, 1.54) is 11.1 Å². The Morgan fingerprint density at radius 3 is 3.00 bits per heavy atom. The van der Waals surface area contributed by atoms with E-state index < -0.39 is 0 Å². The van der Waals surface area contributed by atoms with Crippen LogP contribution in [-0.4, -0.2) is 16.4 Å². The van der Waals surface area contributed by atoms with Crippen molar-refractivity contribution in [3.05, 3.63) is 36.9 Å². The predicted molar refractivity (Wildman–Crippen MR) is 62.9 cm³/mol. The molecular formula is C13H15ClN2O. The molecular weight excluding hydrogens is 236 g/mol. The fourth-order valence-electron chi connectivity index (χ4n) is 2.35. The number of benzene rings is 1. The Balaban J connectivity index is 0.00000108. The van der Waals surface area contributed by atoms with E-state index in [0.29, 0.717) is 0 Å². The summed E-state index contributed by atoms with van der Waals surface area (Å²) in [6.07, 6.45) is 0.0705. The maximum Gasteiger partial charge on any atom is 0.142 e. The highest BCUT2D eigenvalue weighted by atomic mass is 35.5. The second-order valence-corrected chi connectivity index (χ2v) is 4.39. The summed E-state index contributed by atoms with van der Waals surface area (Å²) in [5.74, 6) is 0.235. The molecule has 90 valence electrons. The molecule has 2 aromatic rings. The van der Waals surface area contributed by atoms with Crippen molar-refractivity contribution in [3.8, 4) is 0 Å². The van der Waals surface area contributed by atoms with E-state index in [-0.39, 0.29) is 24.4 Å². The van der Waals surface area contributed by atoms with Crippen LogP contribution in [0, 0.1) is 12.8 Å². The average Bonchev–Trinajstić information content (AvgIpc) is 2.66. The third-order valence-electron chi connectivity index (χ3n) is 3.07. The number of rotatable bonds is 1. The fourth-order valence-corrected chi connectivity index (χ4v) is 2.35. The Morgan fingerprint density at radius 1 is 1.47 bits per heavy atom. The second kappa shape index (κ2) is 4.59. The summed E-state index contributed by atoms with van der Waals surface area (Å²) in [6, 6.07) is 8.22. The monoisotopic (exact) mass is 250 g/mol. The van der Waals surface area contributed by atoms with Crippen molar-refractivity contribution in [3.63, 3.8) is 0 Å². The summed E-state index contributed by atoms with van der Waals surface area (Å²) in [6.45, 7) is 7.73. The fraction of sp³-hybridized carbons (Fsp3) is 0.385. The zero-order valence-corrected chi connectivity index (χ0v) is 10.5. The molecule has 2 heterocycles. The highest BCUT2D eigenvalue weighted by Gasteiger charge is 2.30. The van der Waals surface area contributed by atoms with Crippen molar-refractivity contribution >= 4 is 10.9 Å². The van der Waals surface area contributed by atoms with Crippen LogP contribution in [0.4, 0.5) is 0 Å². The average molecular weight is 251 g/mol. The van der Waals surface area contributed by atoms with E-state index in [1.54, 1.807) is 0 Å². The number of fused-ring (bicyclic) bond motifs is 3. The highest BCUT2D eigenvalue weighted by molar-refractivity contribution is 5.82. The minimum atomic E-state index is 0. The lowest BCUT2D eigenvalue weighted by molar-refractivity contribution is -0.00424. The molecule has 2 atom stereocenters. The molecule has 0 bridgehead atoms. The van der Waals surface area contributed by atoms with Gasteiger partial charge in [0.05, 0.1) is 31.3 Å². The maximum atomic E-state index is 5.81. The van der Waals surface area contributed by atoms with Gasteiger partial charge in [0, 0.05) is 5.39 Å². The molecule has 0 unspecified atom stereocenters. The lowest BCUT2D eigenvalue weighted by Crippen LogP contribution is -3.00. The Bertz CT molecular complexity index is 521. The van der Waals surface area contributed by atoms with Crippen LogP contribution < -0.4 is 12.4 Å². The molecule has 3 rings (SSSR count). The highest BCUT2D eigenvalue weighted by Crippen LogP contribution is 2.33. The normalized spacial score (nSPS) is 20.6. The van der Waals surface area contributed by atoms with Crippen LogP contribution in [-0.2, 0) is 11.3 Å². The quantitative estimate of drug-likeness (QED) is 0.643. The largest absolute Gasteiger partial charge is 1.00 e. The smallest absolute Gasteiger partial charge is 0.142 e. The van der Waals surface area contributed by atoms with Gasteiger partial charge in [-0.1, -0.05) is 18.2 Å². The summed E-state index contributed by atoms with van der Waals surface area (Å²) in [5.41, 5.74) is 2.23. The molecule has 1 aromatic heterocycles. The van der Waals surface area contributed by atoms with Crippen molar-refractivity contribution < 1.29 is 17.1 Å². The molecule has 0 amide bonds. The topological polar surface area (TPSA) is 27.1 Å². The molecule has 0 N–H and O–H groups in total. The maximum absolute atomic E-state index is 5.81. The van der Waals surface area contributed by atoms with E-state index in [1.807, 2.05) is 18.2 Å². The van der Waals surface area contributed by atoms with E-state index in [4.69, 9.17) is 4.74 Å². The lowest BCUT2D eigenvalue weighted by atomic mass is 10.00. The van der Waals surface area contributed by atoms with Gasteiger partial charge in [0.2, 0.25) is 0 Å². The molecule has 0 spiro atoms. The first kappa shape index (κ1) is 12.3. The first-order chi connectivity index (χ1) is 7.77. The van der Waals surface area contributed by atoms with Crippen molar-refractivity contribution in [1.82, 2.24) is 9.78 Å². The van der Waals surface area contributed by atoms with Crippen LogP contribution in [0.15, 0.2) is 24.3 Å². The zero-order chi connectivity index (χ0) is 11.1. The van der Waals surface area contributed by atoms with Crippen molar-refractivity contribution in [1.29, 1.82) is 0 Å². The van der Waals surface area contributed by atoms with Gasteiger partial charge in [-0.2, -0.15) is 5.10 Å². The van der Waals surface area contributed by atoms with Crippen LogP contribution in [0.25, 0.3) is 10.9 Å². The number of nitrogens with zero attached hydrogens (tertiary/aromatic N) is 2. The number of halogens is 1. The molecule has 1 aromatic carbocycles. The summed E-state index contributed by atoms with van der Waals surface area (Å²) in [5, 5.41) is 5.79. The van der Waals surface area contributed by atoms with Crippen molar-refractivity contribution in [2.75, 3.05) is 6.61 Å². The van der Waals surface area contributed by atoms with Crippen LogP contribution in [0.5, 0.6) is 0 Å². The van der Waals surface area contributed by atoms with Gasteiger partial charge in [0.15, 0.2) is 0 Å². The van der Waals surface area contributed by atoms with Gasteiger partial charge in [0.1, 0.15) is 12.0 Å². The minimum absolute atomic E-state index is 0. The van der Waals surface area contributed by atoms with Crippen molar-refractivity contribution in [2.24, 2.45) is 5.92 Å². The zero-order valence-electron chi connectivity index (χ0n) is 9.77. The number of ether oxygens (including phenoxy) is 1. The number of aromatic nitrogens is 2. The molecule has 0 fully saturated rings. The Labute approximate surface area is 107 Å². The van der Waals surface area contributed by atoms with Gasteiger partial charge < -0.3 is 17.1 Å². The van der Waals surface area contributed by atoms with E-state index in [0.717, 1.165) is 18.7 Å². The molecule has 0 aliphatic carbocycles. The van der Waals surface area contributed by atoms with E-state index in [9.17, 15) is 0 Å². The Morgan fingerprint density at radius 2 is 2.24 bits per heavy atom. The molecule has 0 saturated heterocycles. The predicted octanol–water partition coefficient (Wildman–Crippen LogP) is -0.418. The van der Waals surface area contributed by atoms with Gasteiger partial charge in [-0.3, -0.25) is 4.68 Å². The first-order valence-electron chi connectivity index (χ1n) is 5.67. The SMILES string of the molecule is [CH2+][C@H](C)[C@H]1OCCn2nc3ccccc3c21.[Cl-]. The standard InChI is InChI=1S/C13H15N2O.ClH/c1-9(2)13-12-10-5-3-4-6-11(10)14-15(12)7-8-16-13;/h3-6,9,13H,1,7-8H2,2H3;1H/q+1;/p-1/t9-,13-;/m1./s1. The summed E-state index contributed by atoms with van der Waals surface area (Å²) in [4.78, 5) is 0. The minimum Gasteiger partial charge on any atom is -1.00 e. The summed E-state index contributed by atoms with van der Waals surface area (Å²) < 4.78 is 7.88. The second-order valence-electron chi connectivity index (χ2n) is 4.39. The lowest BCUT2D eigenvalue weighted by Gasteiger charge is -2.24. The summed E-state index contributed by atoms with van der Waals surface area (Å²) in [7, 11) is 0. The molecule has 1 aliphatic heterocycles. The van der Waals surface area contributed by atoms with Crippen LogP contribution in [0.1, 0.15) is 18.7 Å². The van der Waals surface area contributed by atoms with Gasteiger partial charge >= 0.3 is 0 Å². The number of hydrogen-bond acceptors (Lipinski definition) is 2. The van der Waals surface area contributed by atoms with E-state index in [2.05, 4.69) is 29.7 Å².